The molecule has 0 radical (unpaired) electrons. The minimum Gasteiger partial charge on any atom is -0.507 e. The number of amides is 2. The second-order valence-corrected chi connectivity index (χ2v) is 6.20. The predicted octanol–water partition coefficient (Wildman–Crippen LogP) is 4.07. The first kappa shape index (κ1) is 20.2. The van der Waals surface area contributed by atoms with Crippen molar-refractivity contribution in [3.63, 3.8) is 0 Å². The lowest BCUT2D eigenvalue weighted by molar-refractivity contribution is -0.116. The molecule has 0 aliphatic rings. The molecule has 0 fully saturated rings. The summed E-state index contributed by atoms with van der Waals surface area (Å²) in [5.74, 6) is -0.374. The maximum absolute atomic E-state index is 12.2. The molecule has 0 unspecified atom stereocenters. The van der Waals surface area contributed by atoms with E-state index in [1.165, 1.54) is 12.3 Å². The fourth-order valence-corrected chi connectivity index (χ4v) is 2.50. The SMILES string of the molecule is CCCCCCC(=O)Nc1cccc(C(=O)N/N=C/c2ccccc2O)c1. The molecule has 3 N–H and O–H groups in total. The zero-order chi connectivity index (χ0) is 19.5. The van der Waals surface area contributed by atoms with Gasteiger partial charge in [-0.15, -0.1) is 0 Å². The summed E-state index contributed by atoms with van der Waals surface area (Å²) in [6, 6.07) is 13.4. The van der Waals surface area contributed by atoms with Gasteiger partial charge < -0.3 is 10.4 Å². The summed E-state index contributed by atoms with van der Waals surface area (Å²) in [7, 11) is 0. The Morgan fingerprint density at radius 1 is 1.07 bits per heavy atom. The average Bonchev–Trinajstić information content (AvgIpc) is 2.67. The third-order valence-electron chi connectivity index (χ3n) is 3.97. The van der Waals surface area contributed by atoms with E-state index in [1.807, 2.05) is 0 Å². The standard InChI is InChI=1S/C21H25N3O3/c1-2-3-4-5-13-20(26)23-18-11-8-10-16(14-18)21(27)24-22-15-17-9-6-7-12-19(17)25/h6-12,14-15,25H,2-5,13H2,1H3,(H,23,26)(H,24,27)/b22-15+. The van der Waals surface area contributed by atoms with Crippen LogP contribution in [0.5, 0.6) is 5.75 Å². The van der Waals surface area contributed by atoms with Gasteiger partial charge in [-0.05, 0) is 36.8 Å². The first-order valence-electron chi connectivity index (χ1n) is 9.11. The molecule has 2 rings (SSSR count). The largest absolute Gasteiger partial charge is 0.507 e. The summed E-state index contributed by atoms with van der Waals surface area (Å²) in [4.78, 5) is 24.2. The lowest BCUT2D eigenvalue weighted by Crippen LogP contribution is -2.18. The quantitative estimate of drug-likeness (QED) is 0.354. The van der Waals surface area contributed by atoms with Crippen LogP contribution in [0.4, 0.5) is 5.69 Å². The molecular weight excluding hydrogens is 342 g/mol. The van der Waals surface area contributed by atoms with E-state index in [1.54, 1.807) is 42.5 Å². The van der Waals surface area contributed by atoms with Crippen LogP contribution in [0.3, 0.4) is 0 Å². The molecular formula is C21H25N3O3. The van der Waals surface area contributed by atoms with E-state index < -0.39 is 5.91 Å². The maximum Gasteiger partial charge on any atom is 0.271 e. The number of benzene rings is 2. The topological polar surface area (TPSA) is 90.8 Å². The highest BCUT2D eigenvalue weighted by Gasteiger charge is 2.07. The summed E-state index contributed by atoms with van der Waals surface area (Å²) in [5.41, 5.74) is 3.87. The number of anilines is 1. The predicted molar refractivity (Wildman–Crippen MR) is 107 cm³/mol. The Bertz CT molecular complexity index is 803. The Balaban J connectivity index is 1.89. The molecule has 0 saturated carbocycles. The van der Waals surface area contributed by atoms with Gasteiger partial charge in [0.1, 0.15) is 5.75 Å². The molecule has 0 bridgehead atoms. The number of para-hydroxylation sites is 1. The van der Waals surface area contributed by atoms with E-state index in [0.29, 0.717) is 23.2 Å². The highest BCUT2D eigenvalue weighted by molar-refractivity contribution is 5.97. The molecule has 142 valence electrons. The van der Waals surface area contributed by atoms with Crippen molar-refractivity contribution in [1.82, 2.24) is 5.43 Å². The summed E-state index contributed by atoms with van der Waals surface area (Å²) < 4.78 is 0. The van der Waals surface area contributed by atoms with Crippen LogP contribution >= 0.6 is 0 Å². The number of nitrogens with zero attached hydrogens (tertiary/aromatic N) is 1. The van der Waals surface area contributed by atoms with Crippen LogP contribution < -0.4 is 10.7 Å². The van der Waals surface area contributed by atoms with Crippen molar-refractivity contribution in [3.8, 4) is 5.75 Å². The van der Waals surface area contributed by atoms with Crippen LogP contribution in [0.1, 0.15) is 54.9 Å². The van der Waals surface area contributed by atoms with Gasteiger partial charge in [0.2, 0.25) is 5.91 Å². The third kappa shape index (κ3) is 6.93. The Morgan fingerprint density at radius 2 is 1.89 bits per heavy atom. The Hall–Kier alpha value is -3.15. The summed E-state index contributed by atoms with van der Waals surface area (Å²) >= 11 is 0. The molecule has 27 heavy (non-hydrogen) atoms. The van der Waals surface area contributed by atoms with E-state index >= 15 is 0 Å². The number of nitrogens with one attached hydrogen (secondary N) is 2. The van der Waals surface area contributed by atoms with E-state index in [9.17, 15) is 14.7 Å². The molecule has 6 heteroatoms. The number of phenols is 1. The third-order valence-corrected chi connectivity index (χ3v) is 3.97. The first-order chi connectivity index (χ1) is 13.1. The number of hydrogen-bond donors (Lipinski definition) is 3. The average molecular weight is 367 g/mol. The van der Waals surface area contributed by atoms with Crippen molar-refractivity contribution in [1.29, 1.82) is 0 Å². The minimum atomic E-state index is -0.402. The number of phenolic OH excluding ortho intramolecular Hbond substituents is 1. The van der Waals surface area contributed by atoms with E-state index in [4.69, 9.17) is 0 Å². The van der Waals surface area contributed by atoms with Crippen LogP contribution in [0.2, 0.25) is 0 Å². The molecule has 0 aromatic heterocycles. The van der Waals surface area contributed by atoms with Crippen molar-refractivity contribution < 1.29 is 14.7 Å². The Labute approximate surface area is 159 Å². The molecule has 0 spiro atoms. The highest BCUT2D eigenvalue weighted by atomic mass is 16.3. The molecule has 0 aliphatic carbocycles. The number of unbranched alkanes of at least 4 members (excludes halogenated alkanes) is 3. The Morgan fingerprint density at radius 3 is 2.67 bits per heavy atom. The lowest BCUT2D eigenvalue weighted by atomic mass is 10.1. The van der Waals surface area contributed by atoms with Gasteiger partial charge in [0.25, 0.3) is 5.91 Å². The van der Waals surface area contributed by atoms with Crippen molar-refractivity contribution >= 4 is 23.7 Å². The molecule has 0 saturated heterocycles. The summed E-state index contributed by atoms with van der Waals surface area (Å²) in [6.07, 6.45) is 6.01. The van der Waals surface area contributed by atoms with Gasteiger partial charge in [0.15, 0.2) is 0 Å². The fourth-order valence-electron chi connectivity index (χ4n) is 2.50. The summed E-state index contributed by atoms with van der Waals surface area (Å²) in [6.45, 7) is 2.13. The number of hydrazone groups is 1. The molecule has 2 aromatic carbocycles. The fraction of sp³-hybridized carbons (Fsp3) is 0.286. The second-order valence-electron chi connectivity index (χ2n) is 6.20. The second kappa shape index (κ2) is 10.8. The van der Waals surface area contributed by atoms with Crippen molar-refractivity contribution in [2.45, 2.75) is 39.0 Å². The minimum absolute atomic E-state index is 0.0544. The van der Waals surface area contributed by atoms with Crippen LogP contribution in [-0.4, -0.2) is 23.1 Å². The number of carbonyl (C=O) groups is 2. The highest BCUT2D eigenvalue weighted by Crippen LogP contribution is 2.14. The lowest BCUT2D eigenvalue weighted by Gasteiger charge is -2.07. The van der Waals surface area contributed by atoms with Gasteiger partial charge in [0.05, 0.1) is 6.21 Å². The van der Waals surface area contributed by atoms with E-state index in [0.717, 1.165) is 25.7 Å². The number of aromatic hydroxyl groups is 1. The normalized spacial score (nSPS) is 10.7. The molecule has 2 amide bonds. The molecule has 0 heterocycles. The smallest absolute Gasteiger partial charge is 0.271 e. The molecule has 0 atom stereocenters. The van der Waals surface area contributed by atoms with Crippen molar-refractivity contribution in [2.75, 3.05) is 5.32 Å². The monoisotopic (exact) mass is 367 g/mol. The van der Waals surface area contributed by atoms with Crippen LogP contribution in [0.15, 0.2) is 53.6 Å². The number of hydrogen-bond acceptors (Lipinski definition) is 4. The first-order valence-corrected chi connectivity index (χ1v) is 9.11. The maximum atomic E-state index is 12.2. The van der Waals surface area contributed by atoms with Gasteiger partial charge in [-0.3, -0.25) is 9.59 Å². The molecule has 0 aliphatic heterocycles. The van der Waals surface area contributed by atoms with Crippen molar-refractivity contribution in [3.05, 3.63) is 59.7 Å². The van der Waals surface area contributed by atoms with Crippen LogP contribution in [0, 0.1) is 0 Å². The van der Waals surface area contributed by atoms with Gasteiger partial charge in [-0.2, -0.15) is 5.10 Å². The molecule has 6 nitrogen and oxygen atoms in total. The van der Waals surface area contributed by atoms with Gasteiger partial charge in [-0.1, -0.05) is 44.4 Å². The van der Waals surface area contributed by atoms with Gasteiger partial charge >= 0.3 is 0 Å². The molecule has 2 aromatic rings. The van der Waals surface area contributed by atoms with Crippen molar-refractivity contribution in [2.24, 2.45) is 5.10 Å². The van der Waals surface area contributed by atoms with Crippen LogP contribution in [-0.2, 0) is 4.79 Å². The number of rotatable bonds is 9. The van der Waals surface area contributed by atoms with E-state index in [-0.39, 0.29) is 11.7 Å². The summed E-state index contributed by atoms with van der Waals surface area (Å²) in [5, 5.41) is 16.3. The number of carbonyl (C=O) groups excluding carboxylic acids is 2. The van der Waals surface area contributed by atoms with Gasteiger partial charge in [-0.25, -0.2) is 5.43 Å². The Kier molecular flexibility index (Phi) is 8.03. The zero-order valence-corrected chi connectivity index (χ0v) is 15.4. The van der Waals surface area contributed by atoms with Gasteiger partial charge in [0, 0.05) is 23.2 Å². The van der Waals surface area contributed by atoms with Crippen LogP contribution in [0.25, 0.3) is 0 Å². The van der Waals surface area contributed by atoms with E-state index in [2.05, 4.69) is 22.8 Å². The zero-order valence-electron chi connectivity index (χ0n) is 15.4.